The van der Waals surface area contributed by atoms with E-state index >= 15 is 0 Å². The number of hydrogen-bond acceptors (Lipinski definition) is 2. The van der Waals surface area contributed by atoms with Crippen molar-refractivity contribution in [3.63, 3.8) is 0 Å². The highest BCUT2D eigenvalue weighted by molar-refractivity contribution is 5.99. The molecule has 1 heterocycles. The van der Waals surface area contributed by atoms with Crippen molar-refractivity contribution in [3.05, 3.63) is 30.3 Å². The maximum absolute atomic E-state index is 12.6. The van der Waals surface area contributed by atoms with Crippen molar-refractivity contribution in [2.75, 3.05) is 25.0 Å². The molecule has 126 valence electrons. The lowest BCUT2D eigenvalue weighted by atomic mass is 10.0. The normalized spacial score (nSPS) is 18.7. The van der Waals surface area contributed by atoms with Gasteiger partial charge in [-0.1, -0.05) is 18.2 Å². The summed E-state index contributed by atoms with van der Waals surface area (Å²) in [6, 6.07) is 7.31. The SMILES string of the molecule is CN(C(=O)NCC(F)(F)F)C1CCCN(c2ccccc2)C1=O. The van der Waals surface area contributed by atoms with E-state index in [4.69, 9.17) is 0 Å². The van der Waals surface area contributed by atoms with Crippen molar-refractivity contribution in [2.45, 2.75) is 25.1 Å². The number of carbonyl (C=O) groups excluding carboxylic acids is 2. The number of nitrogens with one attached hydrogen (secondary N) is 1. The molecule has 1 aromatic rings. The molecule has 3 amide bonds. The van der Waals surface area contributed by atoms with Gasteiger partial charge in [0.05, 0.1) is 0 Å². The van der Waals surface area contributed by atoms with Gasteiger partial charge in [-0.2, -0.15) is 13.2 Å². The van der Waals surface area contributed by atoms with Crippen LogP contribution in [0.5, 0.6) is 0 Å². The summed E-state index contributed by atoms with van der Waals surface area (Å²) in [5.74, 6) is -0.285. The number of para-hydroxylation sites is 1. The minimum atomic E-state index is -4.48. The monoisotopic (exact) mass is 329 g/mol. The molecule has 1 fully saturated rings. The summed E-state index contributed by atoms with van der Waals surface area (Å²) in [6.45, 7) is -0.892. The van der Waals surface area contributed by atoms with Gasteiger partial charge in [0.1, 0.15) is 12.6 Å². The molecular weight excluding hydrogens is 311 g/mol. The molecule has 1 saturated heterocycles. The average molecular weight is 329 g/mol. The number of rotatable bonds is 3. The van der Waals surface area contributed by atoms with Gasteiger partial charge in [-0.15, -0.1) is 0 Å². The van der Waals surface area contributed by atoms with Gasteiger partial charge in [0, 0.05) is 19.3 Å². The first-order valence-electron chi connectivity index (χ1n) is 7.23. The zero-order valence-electron chi connectivity index (χ0n) is 12.6. The zero-order chi connectivity index (χ0) is 17.0. The maximum atomic E-state index is 12.6. The molecule has 2 rings (SSSR count). The lowest BCUT2D eigenvalue weighted by Gasteiger charge is -2.36. The third kappa shape index (κ3) is 4.37. The van der Waals surface area contributed by atoms with Crippen LogP contribution in [0.25, 0.3) is 0 Å². The Morgan fingerprint density at radius 1 is 1.35 bits per heavy atom. The van der Waals surface area contributed by atoms with Crippen LogP contribution in [-0.4, -0.2) is 49.2 Å². The molecule has 0 aliphatic carbocycles. The smallest absolute Gasteiger partial charge is 0.329 e. The molecule has 1 atom stereocenters. The molecular formula is C15H18F3N3O2. The van der Waals surface area contributed by atoms with Crippen molar-refractivity contribution < 1.29 is 22.8 Å². The first kappa shape index (κ1) is 17.1. The van der Waals surface area contributed by atoms with Gasteiger partial charge in [0.15, 0.2) is 0 Å². The summed E-state index contributed by atoms with van der Waals surface area (Å²) in [6.07, 6.45) is -3.39. The second-order valence-electron chi connectivity index (χ2n) is 5.37. The van der Waals surface area contributed by atoms with Crippen LogP contribution in [-0.2, 0) is 4.79 Å². The Hall–Kier alpha value is -2.25. The molecule has 0 spiro atoms. The molecule has 1 aliphatic rings. The van der Waals surface area contributed by atoms with E-state index in [1.165, 1.54) is 7.05 Å². The Morgan fingerprint density at radius 2 is 2.00 bits per heavy atom. The highest BCUT2D eigenvalue weighted by Gasteiger charge is 2.35. The number of hydrogen-bond donors (Lipinski definition) is 1. The summed E-state index contributed by atoms with van der Waals surface area (Å²) < 4.78 is 36.5. The molecule has 0 bridgehead atoms. The number of carbonyl (C=O) groups is 2. The Kier molecular flexibility index (Phi) is 5.12. The number of likely N-dealkylation sites (N-methyl/N-ethyl adjacent to an activating group) is 1. The number of amides is 3. The van der Waals surface area contributed by atoms with E-state index in [2.05, 4.69) is 0 Å². The van der Waals surface area contributed by atoms with Crippen molar-refractivity contribution in [1.29, 1.82) is 0 Å². The third-order valence-corrected chi connectivity index (χ3v) is 3.71. The minimum Gasteiger partial charge on any atom is -0.329 e. The molecule has 1 unspecified atom stereocenters. The predicted molar refractivity (Wildman–Crippen MR) is 79.0 cm³/mol. The Balaban J connectivity index is 2.04. The van der Waals surface area contributed by atoms with Crippen molar-refractivity contribution in [2.24, 2.45) is 0 Å². The number of halogens is 3. The highest BCUT2D eigenvalue weighted by Crippen LogP contribution is 2.23. The van der Waals surface area contributed by atoms with Gasteiger partial charge >= 0.3 is 12.2 Å². The minimum absolute atomic E-state index is 0.285. The quantitative estimate of drug-likeness (QED) is 0.926. The van der Waals surface area contributed by atoms with E-state index < -0.39 is 24.8 Å². The Morgan fingerprint density at radius 3 is 2.61 bits per heavy atom. The lowest BCUT2D eigenvalue weighted by molar-refractivity contribution is -0.125. The van der Waals surface area contributed by atoms with Gasteiger partial charge in [-0.05, 0) is 25.0 Å². The molecule has 1 aliphatic heterocycles. The van der Waals surface area contributed by atoms with E-state index in [1.807, 2.05) is 6.07 Å². The van der Waals surface area contributed by atoms with Crippen LogP contribution in [0.15, 0.2) is 30.3 Å². The molecule has 0 saturated carbocycles. The van der Waals surface area contributed by atoms with E-state index in [9.17, 15) is 22.8 Å². The van der Waals surface area contributed by atoms with E-state index in [0.29, 0.717) is 25.1 Å². The molecule has 1 aromatic carbocycles. The van der Waals surface area contributed by atoms with Crippen LogP contribution in [0.1, 0.15) is 12.8 Å². The van der Waals surface area contributed by atoms with Gasteiger partial charge < -0.3 is 15.1 Å². The van der Waals surface area contributed by atoms with Gasteiger partial charge in [0.2, 0.25) is 5.91 Å². The van der Waals surface area contributed by atoms with Crippen molar-refractivity contribution in [1.82, 2.24) is 10.2 Å². The highest BCUT2D eigenvalue weighted by atomic mass is 19.4. The number of anilines is 1. The third-order valence-electron chi connectivity index (χ3n) is 3.71. The first-order chi connectivity index (χ1) is 10.8. The molecule has 23 heavy (non-hydrogen) atoms. The van der Waals surface area contributed by atoms with Gasteiger partial charge in [-0.3, -0.25) is 4.79 Å². The summed E-state index contributed by atoms with van der Waals surface area (Å²) >= 11 is 0. The van der Waals surface area contributed by atoms with Crippen LogP contribution >= 0.6 is 0 Å². The van der Waals surface area contributed by atoms with Crippen LogP contribution < -0.4 is 10.2 Å². The van der Waals surface area contributed by atoms with Crippen LogP contribution in [0.4, 0.5) is 23.7 Å². The van der Waals surface area contributed by atoms with E-state index in [0.717, 1.165) is 4.90 Å². The number of nitrogens with zero attached hydrogens (tertiary/aromatic N) is 2. The second kappa shape index (κ2) is 6.89. The van der Waals surface area contributed by atoms with Crippen LogP contribution in [0.3, 0.4) is 0 Å². The lowest BCUT2D eigenvalue weighted by Crippen LogP contribution is -2.55. The average Bonchev–Trinajstić information content (AvgIpc) is 2.52. The van der Waals surface area contributed by atoms with E-state index in [1.54, 1.807) is 34.5 Å². The van der Waals surface area contributed by atoms with Crippen molar-refractivity contribution >= 4 is 17.6 Å². The largest absolute Gasteiger partial charge is 0.405 e. The predicted octanol–water partition coefficient (Wildman–Crippen LogP) is 2.39. The summed E-state index contributed by atoms with van der Waals surface area (Å²) in [5, 5.41) is 1.79. The maximum Gasteiger partial charge on any atom is 0.405 e. The van der Waals surface area contributed by atoms with Crippen molar-refractivity contribution in [3.8, 4) is 0 Å². The molecule has 8 heteroatoms. The first-order valence-corrected chi connectivity index (χ1v) is 7.23. The number of urea groups is 1. The molecule has 5 nitrogen and oxygen atoms in total. The fraction of sp³-hybridized carbons (Fsp3) is 0.467. The molecule has 0 radical (unpaired) electrons. The van der Waals surface area contributed by atoms with Crippen LogP contribution in [0.2, 0.25) is 0 Å². The number of piperidine rings is 1. The number of alkyl halides is 3. The Labute approximate surface area is 132 Å². The summed E-state index contributed by atoms with van der Waals surface area (Å²) in [4.78, 5) is 27.0. The fourth-order valence-electron chi connectivity index (χ4n) is 2.52. The zero-order valence-corrected chi connectivity index (χ0v) is 12.6. The summed E-state index contributed by atoms with van der Waals surface area (Å²) in [7, 11) is 1.34. The topological polar surface area (TPSA) is 52.7 Å². The summed E-state index contributed by atoms with van der Waals surface area (Å²) in [5.41, 5.74) is 0.714. The standard InChI is InChI=1S/C15H18F3N3O2/c1-20(14(23)19-10-15(16,17)18)12-8-5-9-21(13(12)22)11-6-3-2-4-7-11/h2-4,6-7,12H,5,8-10H2,1H3,(H,19,23). The van der Waals surface area contributed by atoms with Gasteiger partial charge in [-0.25, -0.2) is 4.79 Å². The number of benzene rings is 1. The fourth-order valence-corrected chi connectivity index (χ4v) is 2.52. The molecule has 1 N–H and O–H groups in total. The Bertz CT molecular complexity index is 563. The second-order valence-corrected chi connectivity index (χ2v) is 5.37. The van der Waals surface area contributed by atoms with Crippen LogP contribution in [0, 0.1) is 0 Å². The molecule has 0 aromatic heterocycles. The van der Waals surface area contributed by atoms with E-state index in [-0.39, 0.29) is 5.91 Å². The van der Waals surface area contributed by atoms with Gasteiger partial charge in [0.25, 0.3) is 0 Å².